The Morgan fingerprint density at radius 2 is 2.60 bits per heavy atom. The van der Waals surface area contributed by atoms with Crippen LogP contribution in [0.25, 0.3) is 0 Å². The summed E-state index contributed by atoms with van der Waals surface area (Å²) < 4.78 is 0. The molecule has 0 radical (unpaired) electrons. The minimum absolute atomic E-state index is 0.448. The zero-order valence-electron chi connectivity index (χ0n) is 6.56. The summed E-state index contributed by atoms with van der Waals surface area (Å²) in [6, 6.07) is 0. The van der Waals surface area contributed by atoms with Crippen LogP contribution in [-0.2, 0) is 0 Å². The largest absolute Gasteiger partial charge is 0.103 e. The molecule has 54 valence electrons. The summed E-state index contributed by atoms with van der Waals surface area (Å²) >= 11 is 0. The lowest BCUT2D eigenvalue weighted by molar-refractivity contribution is 0.307. The molecule has 0 N–H and O–H groups in total. The van der Waals surface area contributed by atoms with Crippen molar-refractivity contribution in [3.63, 3.8) is 0 Å². The molecule has 0 amide bonds. The van der Waals surface area contributed by atoms with Crippen molar-refractivity contribution in [1.82, 2.24) is 0 Å². The van der Waals surface area contributed by atoms with Gasteiger partial charge in [-0.2, -0.15) is 0 Å². The molecule has 2 atom stereocenters. The normalized spacial score (nSPS) is 43.7. The van der Waals surface area contributed by atoms with E-state index in [2.05, 4.69) is 25.7 Å². The first-order valence-electron chi connectivity index (χ1n) is 4.06. The van der Waals surface area contributed by atoms with E-state index >= 15 is 0 Å². The lowest BCUT2D eigenvalue weighted by Crippen LogP contribution is -2.18. The molecule has 0 aromatic rings. The third-order valence-electron chi connectivity index (χ3n) is 3.21. The highest BCUT2D eigenvalue weighted by Gasteiger charge is 2.41. The second-order valence-electron chi connectivity index (χ2n) is 3.89. The zero-order chi connectivity index (χ0) is 7.19. The summed E-state index contributed by atoms with van der Waals surface area (Å²) in [7, 11) is 0. The Labute approximate surface area is 62.6 Å². The van der Waals surface area contributed by atoms with Crippen LogP contribution >= 0.6 is 0 Å². The van der Waals surface area contributed by atoms with E-state index in [1.54, 1.807) is 5.57 Å². The Hall–Kier alpha value is -0.520. The quantitative estimate of drug-likeness (QED) is 0.484. The number of allylic oxidation sites excluding steroid dienone is 3. The van der Waals surface area contributed by atoms with Crippen LogP contribution in [-0.4, -0.2) is 0 Å². The third kappa shape index (κ3) is 0.622. The van der Waals surface area contributed by atoms with Crippen LogP contribution in [0.3, 0.4) is 0 Å². The maximum atomic E-state index is 3.91. The van der Waals surface area contributed by atoms with Gasteiger partial charge in [0.25, 0.3) is 0 Å². The standard InChI is InChI=1S/C10H14/c1-3-10(2)7-8-4-5-9(10)6-8/h3-4,9H,1,5-7H2,2H3. The van der Waals surface area contributed by atoms with E-state index in [1.807, 2.05) is 0 Å². The van der Waals surface area contributed by atoms with Crippen LogP contribution in [0.2, 0.25) is 0 Å². The molecule has 2 bridgehead atoms. The van der Waals surface area contributed by atoms with E-state index in [1.165, 1.54) is 19.3 Å². The molecule has 0 aromatic carbocycles. The van der Waals surface area contributed by atoms with Gasteiger partial charge in [-0.15, -0.1) is 6.58 Å². The monoisotopic (exact) mass is 134 g/mol. The molecule has 2 aliphatic rings. The van der Waals surface area contributed by atoms with Crippen LogP contribution in [0.5, 0.6) is 0 Å². The number of hydrogen-bond donors (Lipinski definition) is 0. The molecule has 10 heavy (non-hydrogen) atoms. The molecular weight excluding hydrogens is 120 g/mol. The molecule has 0 aromatic heterocycles. The maximum Gasteiger partial charge on any atom is -0.00778 e. The van der Waals surface area contributed by atoms with Gasteiger partial charge in [0, 0.05) is 0 Å². The molecule has 0 aliphatic heterocycles. The van der Waals surface area contributed by atoms with Gasteiger partial charge in [-0.1, -0.05) is 24.6 Å². The number of rotatable bonds is 1. The topological polar surface area (TPSA) is 0 Å². The molecule has 0 heterocycles. The molecule has 2 unspecified atom stereocenters. The van der Waals surface area contributed by atoms with Gasteiger partial charge in [-0.05, 0) is 30.6 Å². The van der Waals surface area contributed by atoms with Gasteiger partial charge in [0.15, 0.2) is 0 Å². The van der Waals surface area contributed by atoms with Crippen molar-refractivity contribution in [2.24, 2.45) is 11.3 Å². The number of hydrogen-bond acceptors (Lipinski definition) is 0. The van der Waals surface area contributed by atoms with Crippen molar-refractivity contribution in [2.75, 3.05) is 0 Å². The van der Waals surface area contributed by atoms with Gasteiger partial charge >= 0.3 is 0 Å². The number of fused-ring (bicyclic) bond motifs is 2. The summed E-state index contributed by atoms with van der Waals surface area (Å²) in [6.45, 7) is 6.24. The molecule has 0 saturated heterocycles. The predicted molar refractivity (Wildman–Crippen MR) is 43.7 cm³/mol. The molecular formula is C10H14. The van der Waals surface area contributed by atoms with Gasteiger partial charge in [0.2, 0.25) is 0 Å². The highest BCUT2D eigenvalue weighted by Crippen LogP contribution is 2.52. The average Bonchev–Trinajstić information content (AvgIpc) is 2.46. The Morgan fingerprint density at radius 1 is 1.80 bits per heavy atom. The minimum Gasteiger partial charge on any atom is -0.103 e. The van der Waals surface area contributed by atoms with Crippen molar-refractivity contribution in [2.45, 2.75) is 26.2 Å². The van der Waals surface area contributed by atoms with Crippen molar-refractivity contribution in [3.05, 3.63) is 24.3 Å². The first-order valence-corrected chi connectivity index (χ1v) is 4.06. The SMILES string of the molecule is C=CC1(C)CC2=CCC1C2. The van der Waals surface area contributed by atoms with Crippen molar-refractivity contribution in [1.29, 1.82) is 0 Å². The molecule has 0 spiro atoms. The molecule has 2 rings (SSSR count). The van der Waals surface area contributed by atoms with Crippen molar-refractivity contribution >= 4 is 0 Å². The lowest BCUT2D eigenvalue weighted by Gasteiger charge is -2.27. The van der Waals surface area contributed by atoms with Gasteiger partial charge in [-0.3, -0.25) is 0 Å². The Morgan fingerprint density at radius 3 is 2.90 bits per heavy atom. The summed E-state index contributed by atoms with van der Waals surface area (Å²) in [4.78, 5) is 0. The highest BCUT2D eigenvalue weighted by atomic mass is 14.5. The van der Waals surface area contributed by atoms with Crippen LogP contribution in [0.1, 0.15) is 26.2 Å². The zero-order valence-corrected chi connectivity index (χ0v) is 6.56. The summed E-state index contributed by atoms with van der Waals surface area (Å²) in [5.74, 6) is 0.889. The minimum atomic E-state index is 0.448. The molecule has 2 aliphatic carbocycles. The fourth-order valence-electron chi connectivity index (χ4n) is 2.31. The van der Waals surface area contributed by atoms with E-state index in [9.17, 15) is 0 Å². The lowest BCUT2D eigenvalue weighted by atomic mass is 9.77. The summed E-state index contributed by atoms with van der Waals surface area (Å²) in [6.07, 6.45) is 8.50. The molecule has 1 saturated carbocycles. The van der Waals surface area contributed by atoms with Crippen LogP contribution in [0, 0.1) is 11.3 Å². The first-order chi connectivity index (χ1) is 4.74. The second-order valence-corrected chi connectivity index (χ2v) is 3.89. The summed E-state index contributed by atoms with van der Waals surface area (Å²) in [5, 5.41) is 0. The fourth-order valence-corrected chi connectivity index (χ4v) is 2.31. The molecule has 0 heteroatoms. The highest BCUT2D eigenvalue weighted by molar-refractivity contribution is 5.25. The fraction of sp³-hybridized carbons (Fsp3) is 0.600. The predicted octanol–water partition coefficient (Wildman–Crippen LogP) is 2.92. The Balaban J connectivity index is 2.31. The van der Waals surface area contributed by atoms with Crippen molar-refractivity contribution in [3.8, 4) is 0 Å². The van der Waals surface area contributed by atoms with Crippen LogP contribution in [0.4, 0.5) is 0 Å². The average molecular weight is 134 g/mol. The van der Waals surface area contributed by atoms with Crippen LogP contribution in [0.15, 0.2) is 24.3 Å². The molecule has 0 nitrogen and oxygen atoms in total. The van der Waals surface area contributed by atoms with Gasteiger partial charge in [0.1, 0.15) is 0 Å². The summed E-state index contributed by atoms with van der Waals surface area (Å²) in [5.41, 5.74) is 2.12. The third-order valence-corrected chi connectivity index (χ3v) is 3.21. The van der Waals surface area contributed by atoms with E-state index < -0.39 is 0 Å². The van der Waals surface area contributed by atoms with Gasteiger partial charge < -0.3 is 0 Å². The van der Waals surface area contributed by atoms with E-state index in [4.69, 9.17) is 0 Å². The second kappa shape index (κ2) is 1.75. The van der Waals surface area contributed by atoms with E-state index in [-0.39, 0.29) is 0 Å². The maximum absolute atomic E-state index is 3.91. The van der Waals surface area contributed by atoms with E-state index in [0.29, 0.717) is 5.41 Å². The van der Waals surface area contributed by atoms with Gasteiger partial charge in [0.05, 0.1) is 0 Å². The van der Waals surface area contributed by atoms with Gasteiger partial charge in [-0.25, -0.2) is 0 Å². The van der Waals surface area contributed by atoms with Crippen molar-refractivity contribution < 1.29 is 0 Å². The Bertz CT molecular complexity index is 200. The molecule has 1 fully saturated rings. The van der Waals surface area contributed by atoms with Crippen LogP contribution < -0.4 is 0 Å². The Kier molecular flexibility index (Phi) is 1.08. The smallest absolute Gasteiger partial charge is 0.00778 e. The van der Waals surface area contributed by atoms with E-state index in [0.717, 1.165) is 5.92 Å². The first kappa shape index (κ1) is 6.21.